The first-order valence-electron chi connectivity index (χ1n) is 2.80. The summed E-state index contributed by atoms with van der Waals surface area (Å²) in [7, 11) is 0. The molecule has 1 unspecified atom stereocenters. The summed E-state index contributed by atoms with van der Waals surface area (Å²) in [4.78, 5) is 0. The lowest BCUT2D eigenvalue weighted by atomic mass is 10.0. The largest absolute Gasteiger partial charge is 0.0622 e. The van der Waals surface area contributed by atoms with E-state index in [1.807, 2.05) is 0 Å². The molecule has 0 heterocycles. The van der Waals surface area contributed by atoms with Gasteiger partial charge >= 0.3 is 0 Å². The van der Waals surface area contributed by atoms with E-state index in [1.54, 1.807) is 0 Å². The van der Waals surface area contributed by atoms with Crippen LogP contribution in [0.25, 0.3) is 0 Å². The van der Waals surface area contributed by atoms with Crippen molar-refractivity contribution in [3.8, 4) is 0 Å². The summed E-state index contributed by atoms with van der Waals surface area (Å²) < 4.78 is 0. The lowest BCUT2D eigenvalue weighted by Crippen LogP contribution is -1.89. The van der Waals surface area contributed by atoms with Crippen molar-refractivity contribution in [3.05, 3.63) is 13.3 Å². The Morgan fingerprint density at radius 2 is 2.29 bits per heavy atom. The fraction of sp³-hybridized carbons (Fsp3) is 0.714. The van der Waals surface area contributed by atoms with E-state index in [1.165, 1.54) is 0 Å². The maximum absolute atomic E-state index is 5.28. The van der Waals surface area contributed by atoms with E-state index >= 15 is 0 Å². The summed E-state index contributed by atoms with van der Waals surface area (Å²) in [6.45, 7) is 9.53. The van der Waals surface area contributed by atoms with Gasteiger partial charge in [0.05, 0.1) is 0 Å². The van der Waals surface area contributed by atoms with Gasteiger partial charge in [0.15, 0.2) is 0 Å². The minimum atomic E-state index is 0.699. The lowest BCUT2D eigenvalue weighted by Gasteiger charge is -2.01. The van der Waals surface area contributed by atoms with Crippen molar-refractivity contribution in [2.75, 3.05) is 0 Å². The third kappa shape index (κ3) is 3.84. The minimum Gasteiger partial charge on any atom is -0.0622 e. The normalized spacial score (nSPS) is 14.1. The molecule has 0 saturated heterocycles. The van der Waals surface area contributed by atoms with Gasteiger partial charge in [0.1, 0.15) is 0 Å². The van der Waals surface area contributed by atoms with Crippen molar-refractivity contribution in [1.82, 2.24) is 0 Å². The first kappa shape index (κ1) is 7.00. The molecule has 3 radical (unpaired) electrons. The maximum atomic E-state index is 5.28. The Hall–Kier alpha value is 0. The summed E-state index contributed by atoms with van der Waals surface area (Å²) in [5.41, 5.74) is 0. The Labute approximate surface area is 46.9 Å². The number of rotatable bonds is 3. The second-order valence-electron chi connectivity index (χ2n) is 1.89. The molecule has 0 spiro atoms. The van der Waals surface area contributed by atoms with E-state index in [0.717, 1.165) is 12.8 Å². The molecule has 0 aromatic rings. The second kappa shape index (κ2) is 4.17. The van der Waals surface area contributed by atoms with Gasteiger partial charge in [0.2, 0.25) is 0 Å². The van der Waals surface area contributed by atoms with Crippen LogP contribution < -0.4 is 0 Å². The lowest BCUT2D eigenvalue weighted by molar-refractivity contribution is 0.614. The molecule has 1 atom stereocenters. The summed E-state index contributed by atoms with van der Waals surface area (Å²) in [5.74, 6) is 0.699. The quantitative estimate of drug-likeness (QED) is 0.507. The molecule has 0 saturated carbocycles. The van der Waals surface area contributed by atoms with Crippen LogP contribution in [-0.2, 0) is 0 Å². The van der Waals surface area contributed by atoms with Crippen molar-refractivity contribution in [3.63, 3.8) is 0 Å². The molecular weight excluding hydrogens is 84.1 g/mol. The van der Waals surface area contributed by atoms with Crippen LogP contribution in [0, 0.1) is 19.3 Å². The van der Waals surface area contributed by atoms with Crippen LogP contribution in [0.2, 0.25) is 0 Å². The van der Waals surface area contributed by atoms with E-state index in [-0.39, 0.29) is 0 Å². The highest BCUT2D eigenvalue weighted by Gasteiger charge is 1.93. The van der Waals surface area contributed by atoms with Crippen molar-refractivity contribution in [2.45, 2.75) is 26.7 Å². The first-order chi connectivity index (χ1) is 3.31. The van der Waals surface area contributed by atoms with Gasteiger partial charge in [-0.3, -0.25) is 0 Å². The number of hydrogen-bond donors (Lipinski definition) is 0. The van der Waals surface area contributed by atoms with Crippen LogP contribution in [0.1, 0.15) is 26.7 Å². The Morgan fingerprint density at radius 3 is 2.43 bits per heavy atom. The molecule has 0 nitrogen and oxygen atoms in total. The topological polar surface area (TPSA) is 0 Å². The zero-order chi connectivity index (χ0) is 5.70. The molecule has 41 valence electrons. The molecule has 0 bridgehead atoms. The molecule has 0 amide bonds. The summed E-state index contributed by atoms with van der Waals surface area (Å²) >= 11 is 0. The van der Waals surface area contributed by atoms with Crippen LogP contribution in [0.3, 0.4) is 0 Å². The predicted molar refractivity (Wildman–Crippen MR) is 32.7 cm³/mol. The van der Waals surface area contributed by atoms with Crippen LogP contribution >= 0.6 is 0 Å². The fourth-order valence-electron chi connectivity index (χ4n) is 0.430. The zero-order valence-electron chi connectivity index (χ0n) is 5.15. The highest BCUT2D eigenvalue weighted by atomic mass is 14.0. The zero-order valence-corrected chi connectivity index (χ0v) is 5.15. The van der Waals surface area contributed by atoms with E-state index in [4.69, 9.17) is 6.92 Å². The monoisotopic (exact) mass is 97.1 g/mol. The van der Waals surface area contributed by atoms with Gasteiger partial charge < -0.3 is 0 Å². The molecule has 7 heavy (non-hydrogen) atoms. The molecule has 0 rings (SSSR count). The highest BCUT2D eigenvalue weighted by Crippen LogP contribution is 2.06. The Bertz CT molecular complexity index is 31.0. The van der Waals surface area contributed by atoms with Crippen LogP contribution in [-0.4, -0.2) is 0 Å². The van der Waals surface area contributed by atoms with Crippen molar-refractivity contribution >= 4 is 0 Å². The van der Waals surface area contributed by atoms with Gasteiger partial charge in [-0.2, -0.15) is 0 Å². The third-order valence-electron chi connectivity index (χ3n) is 1.19. The van der Waals surface area contributed by atoms with E-state index < -0.39 is 0 Å². The van der Waals surface area contributed by atoms with E-state index in [0.29, 0.717) is 5.92 Å². The Kier molecular flexibility index (Phi) is 4.17. The average Bonchev–Trinajstić information content (AvgIpc) is 1.68. The SMILES string of the molecule is [CH]CCC(C)[CH]C. The molecule has 0 aliphatic heterocycles. The van der Waals surface area contributed by atoms with Crippen molar-refractivity contribution < 1.29 is 0 Å². The van der Waals surface area contributed by atoms with Gasteiger partial charge in [-0.15, -0.1) is 0 Å². The summed E-state index contributed by atoms with van der Waals surface area (Å²) in [6.07, 6.45) is 4.11. The molecule has 0 N–H and O–H groups in total. The van der Waals surface area contributed by atoms with Gasteiger partial charge in [-0.25, -0.2) is 0 Å². The Balaban J connectivity index is 2.83. The first-order valence-corrected chi connectivity index (χ1v) is 2.80. The molecule has 0 aliphatic carbocycles. The molecule has 0 aromatic carbocycles. The van der Waals surface area contributed by atoms with E-state index in [9.17, 15) is 0 Å². The maximum Gasteiger partial charge on any atom is -0.0352 e. The summed E-state index contributed by atoms with van der Waals surface area (Å²) in [5, 5.41) is 0. The van der Waals surface area contributed by atoms with Crippen LogP contribution in [0.5, 0.6) is 0 Å². The van der Waals surface area contributed by atoms with Crippen LogP contribution in [0.4, 0.5) is 0 Å². The smallest absolute Gasteiger partial charge is 0.0352 e. The molecular formula is C7H13. The highest BCUT2D eigenvalue weighted by molar-refractivity contribution is 4.65. The second-order valence-corrected chi connectivity index (χ2v) is 1.89. The third-order valence-corrected chi connectivity index (χ3v) is 1.19. The van der Waals surface area contributed by atoms with Crippen molar-refractivity contribution in [1.29, 1.82) is 0 Å². The number of hydrogen-bond acceptors (Lipinski definition) is 0. The fourth-order valence-corrected chi connectivity index (χ4v) is 0.430. The van der Waals surface area contributed by atoms with Gasteiger partial charge in [0.25, 0.3) is 0 Å². The summed E-state index contributed by atoms with van der Waals surface area (Å²) in [6, 6.07) is 0. The standard InChI is InChI=1S/C7H13/c1-4-6-7(3)5-2/h1,5,7H,4,6H2,2-3H3. The minimum absolute atomic E-state index is 0.699. The molecule has 0 aromatic heterocycles. The molecule has 0 aliphatic rings. The van der Waals surface area contributed by atoms with E-state index in [2.05, 4.69) is 20.3 Å². The Morgan fingerprint density at radius 1 is 1.71 bits per heavy atom. The molecule has 0 fully saturated rings. The van der Waals surface area contributed by atoms with Gasteiger partial charge in [-0.05, 0) is 25.7 Å². The van der Waals surface area contributed by atoms with Crippen molar-refractivity contribution in [2.24, 2.45) is 5.92 Å². The van der Waals surface area contributed by atoms with Gasteiger partial charge in [0, 0.05) is 0 Å². The average molecular weight is 97.2 g/mol. The van der Waals surface area contributed by atoms with Gasteiger partial charge in [-0.1, -0.05) is 20.3 Å². The molecule has 0 heteroatoms. The van der Waals surface area contributed by atoms with Crippen LogP contribution in [0.15, 0.2) is 0 Å². The predicted octanol–water partition coefficient (Wildman–Crippen LogP) is 2.34.